The molecule has 2 N–H and O–H groups in total. The summed E-state index contributed by atoms with van der Waals surface area (Å²) < 4.78 is 7.12. The fourth-order valence-electron chi connectivity index (χ4n) is 3.09. The Morgan fingerprint density at radius 3 is 2.54 bits per heavy atom. The van der Waals surface area contributed by atoms with Gasteiger partial charge in [-0.25, -0.2) is 4.79 Å². The molecule has 0 aliphatic carbocycles. The minimum Gasteiger partial charge on any atom is -0.496 e. The van der Waals surface area contributed by atoms with Crippen molar-refractivity contribution in [2.24, 2.45) is 0 Å². The Hall–Kier alpha value is -3.47. The molecule has 0 radical (unpaired) electrons. The molecule has 0 saturated carbocycles. The van der Waals surface area contributed by atoms with Crippen LogP contribution in [0.1, 0.15) is 5.56 Å². The van der Waals surface area contributed by atoms with Crippen molar-refractivity contribution in [3.63, 3.8) is 0 Å². The molecule has 0 fully saturated rings. The van der Waals surface area contributed by atoms with Gasteiger partial charge in [0, 0.05) is 16.9 Å². The van der Waals surface area contributed by atoms with E-state index in [-0.39, 0.29) is 5.69 Å². The topological polar surface area (TPSA) is 59.0 Å². The van der Waals surface area contributed by atoms with Crippen LogP contribution in [0.25, 0.3) is 11.0 Å². The Morgan fingerprint density at radius 1 is 0.962 bits per heavy atom. The number of rotatable bonds is 5. The van der Waals surface area contributed by atoms with Gasteiger partial charge in [-0.2, -0.15) is 0 Å². The molecule has 5 heteroatoms. The first-order chi connectivity index (χ1) is 12.7. The zero-order chi connectivity index (χ0) is 17.9. The Morgan fingerprint density at radius 2 is 1.73 bits per heavy atom. The van der Waals surface area contributed by atoms with Crippen molar-refractivity contribution in [1.29, 1.82) is 0 Å². The number of nitrogens with zero attached hydrogens (tertiary/aromatic N) is 1. The molecule has 3 aromatic carbocycles. The molecule has 0 atom stereocenters. The smallest absolute Gasteiger partial charge is 0.326 e. The van der Waals surface area contributed by atoms with Gasteiger partial charge in [0.05, 0.1) is 24.7 Å². The molecule has 0 saturated heterocycles. The van der Waals surface area contributed by atoms with E-state index >= 15 is 0 Å². The molecule has 0 aliphatic rings. The van der Waals surface area contributed by atoms with Crippen LogP contribution in [0.5, 0.6) is 5.75 Å². The van der Waals surface area contributed by atoms with Gasteiger partial charge in [0.1, 0.15) is 5.75 Å². The molecule has 0 unspecified atom stereocenters. The summed E-state index contributed by atoms with van der Waals surface area (Å²) in [4.78, 5) is 15.4. The SMILES string of the molecule is COc1ccccc1Cn1c(=O)[nH]c2cc(Nc3ccccc3)ccc21. The van der Waals surface area contributed by atoms with E-state index in [1.54, 1.807) is 11.7 Å². The highest BCUT2D eigenvalue weighted by molar-refractivity contribution is 5.81. The van der Waals surface area contributed by atoms with Crippen LogP contribution in [-0.4, -0.2) is 16.7 Å². The van der Waals surface area contributed by atoms with Gasteiger partial charge in [0.25, 0.3) is 0 Å². The molecule has 0 aliphatic heterocycles. The van der Waals surface area contributed by atoms with Crippen LogP contribution in [0, 0.1) is 0 Å². The van der Waals surface area contributed by atoms with Crippen molar-refractivity contribution in [2.75, 3.05) is 12.4 Å². The number of methoxy groups -OCH3 is 1. The number of anilines is 2. The highest BCUT2D eigenvalue weighted by Gasteiger charge is 2.10. The summed E-state index contributed by atoms with van der Waals surface area (Å²) in [6, 6.07) is 23.5. The van der Waals surface area contributed by atoms with Crippen LogP contribution in [0.4, 0.5) is 11.4 Å². The Balaban J connectivity index is 1.69. The minimum atomic E-state index is -0.136. The van der Waals surface area contributed by atoms with E-state index in [1.165, 1.54) is 0 Å². The fraction of sp³-hybridized carbons (Fsp3) is 0.0952. The zero-order valence-corrected chi connectivity index (χ0v) is 14.4. The van der Waals surface area contributed by atoms with Crippen molar-refractivity contribution in [3.8, 4) is 5.75 Å². The maximum Gasteiger partial charge on any atom is 0.326 e. The number of hydrogen-bond donors (Lipinski definition) is 2. The lowest BCUT2D eigenvalue weighted by Gasteiger charge is -2.10. The van der Waals surface area contributed by atoms with Crippen LogP contribution >= 0.6 is 0 Å². The summed E-state index contributed by atoms with van der Waals surface area (Å²) in [7, 11) is 1.64. The Labute approximate surface area is 150 Å². The summed E-state index contributed by atoms with van der Waals surface area (Å²) in [5.41, 5.74) is 4.41. The molecule has 1 heterocycles. The highest BCUT2D eigenvalue weighted by Crippen LogP contribution is 2.23. The van der Waals surface area contributed by atoms with Gasteiger partial charge in [-0.05, 0) is 36.4 Å². The molecule has 0 spiro atoms. The van der Waals surface area contributed by atoms with Crippen LogP contribution in [0.3, 0.4) is 0 Å². The Kier molecular flexibility index (Phi) is 4.19. The average molecular weight is 345 g/mol. The number of imidazole rings is 1. The average Bonchev–Trinajstić information content (AvgIpc) is 2.98. The second-order valence-corrected chi connectivity index (χ2v) is 6.05. The Bertz CT molecular complexity index is 1100. The minimum absolute atomic E-state index is 0.136. The summed E-state index contributed by atoms with van der Waals surface area (Å²) in [5.74, 6) is 0.774. The first-order valence-corrected chi connectivity index (χ1v) is 8.41. The molecule has 1 aromatic heterocycles. The first kappa shape index (κ1) is 16.0. The van der Waals surface area contributed by atoms with E-state index in [0.29, 0.717) is 6.54 Å². The molecule has 26 heavy (non-hydrogen) atoms. The van der Waals surface area contributed by atoms with E-state index in [1.807, 2.05) is 72.8 Å². The third-order valence-corrected chi connectivity index (χ3v) is 4.36. The maximum atomic E-state index is 12.5. The van der Waals surface area contributed by atoms with Gasteiger partial charge in [0.15, 0.2) is 0 Å². The number of fused-ring (bicyclic) bond motifs is 1. The van der Waals surface area contributed by atoms with Crippen LogP contribution < -0.4 is 15.7 Å². The third-order valence-electron chi connectivity index (χ3n) is 4.36. The number of para-hydroxylation sites is 2. The van der Waals surface area contributed by atoms with E-state index in [0.717, 1.165) is 33.7 Å². The van der Waals surface area contributed by atoms with Crippen molar-refractivity contribution in [3.05, 3.63) is 88.8 Å². The van der Waals surface area contributed by atoms with E-state index < -0.39 is 0 Å². The number of hydrogen-bond acceptors (Lipinski definition) is 3. The van der Waals surface area contributed by atoms with Crippen molar-refractivity contribution in [1.82, 2.24) is 9.55 Å². The largest absolute Gasteiger partial charge is 0.496 e. The van der Waals surface area contributed by atoms with E-state index in [9.17, 15) is 4.79 Å². The van der Waals surface area contributed by atoms with Gasteiger partial charge < -0.3 is 15.0 Å². The lowest BCUT2D eigenvalue weighted by molar-refractivity contribution is 0.408. The van der Waals surface area contributed by atoms with Crippen molar-refractivity contribution >= 4 is 22.4 Å². The normalized spacial score (nSPS) is 10.8. The van der Waals surface area contributed by atoms with Crippen LogP contribution in [0.15, 0.2) is 77.6 Å². The van der Waals surface area contributed by atoms with Gasteiger partial charge in [-0.1, -0.05) is 36.4 Å². The summed E-state index contributed by atoms with van der Waals surface area (Å²) in [5, 5.41) is 3.34. The zero-order valence-electron chi connectivity index (χ0n) is 14.4. The number of nitrogens with one attached hydrogen (secondary N) is 2. The summed E-state index contributed by atoms with van der Waals surface area (Å²) in [6.45, 7) is 0.453. The second-order valence-electron chi connectivity index (χ2n) is 6.05. The molecule has 0 bridgehead atoms. The van der Waals surface area contributed by atoms with E-state index in [2.05, 4.69) is 10.3 Å². The van der Waals surface area contributed by atoms with E-state index in [4.69, 9.17) is 4.74 Å². The quantitative estimate of drug-likeness (QED) is 0.572. The molecule has 4 rings (SSSR count). The fourth-order valence-corrected chi connectivity index (χ4v) is 3.09. The molecule has 0 amide bonds. The van der Waals surface area contributed by atoms with Crippen molar-refractivity contribution in [2.45, 2.75) is 6.54 Å². The predicted octanol–water partition coefficient (Wildman–Crippen LogP) is 4.13. The number of benzene rings is 3. The number of aromatic amines is 1. The van der Waals surface area contributed by atoms with Gasteiger partial charge in [-0.3, -0.25) is 4.57 Å². The van der Waals surface area contributed by atoms with Crippen molar-refractivity contribution < 1.29 is 4.74 Å². The summed E-state index contributed by atoms with van der Waals surface area (Å²) in [6.07, 6.45) is 0. The molecule has 130 valence electrons. The third kappa shape index (κ3) is 3.07. The number of aromatic nitrogens is 2. The first-order valence-electron chi connectivity index (χ1n) is 8.41. The number of ether oxygens (including phenoxy) is 1. The lowest BCUT2D eigenvalue weighted by atomic mass is 10.2. The second kappa shape index (κ2) is 6.80. The lowest BCUT2D eigenvalue weighted by Crippen LogP contribution is -2.17. The molecular formula is C21H19N3O2. The van der Waals surface area contributed by atoms with Gasteiger partial charge in [-0.15, -0.1) is 0 Å². The summed E-state index contributed by atoms with van der Waals surface area (Å²) >= 11 is 0. The van der Waals surface area contributed by atoms with Crippen LogP contribution in [0.2, 0.25) is 0 Å². The molecule has 5 nitrogen and oxygen atoms in total. The number of H-pyrrole nitrogens is 1. The highest BCUT2D eigenvalue weighted by atomic mass is 16.5. The van der Waals surface area contributed by atoms with Gasteiger partial charge in [0.2, 0.25) is 0 Å². The van der Waals surface area contributed by atoms with Crippen LogP contribution in [-0.2, 0) is 6.54 Å². The molecule has 4 aromatic rings. The molecular weight excluding hydrogens is 326 g/mol. The standard InChI is InChI=1S/C21H19N3O2/c1-26-20-10-6-5-7-15(20)14-24-19-12-11-17(13-18(19)23-21(24)25)22-16-8-3-2-4-9-16/h2-13,22H,14H2,1H3,(H,23,25). The monoisotopic (exact) mass is 345 g/mol. The predicted molar refractivity (Wildman–Crippen MR) is 104 cm³/mol. The maximum absolute atomic E-state index is 12.5. The van der Waals surface area contributed by atoms with Gasteiger partial charge >= 0.3 is 5.69 Å².